The van der Waals surface area contributed by atoms with Crippen molar-refractivity contribution in [3.8, 4) is 0 Å². The summed E-state index contributed by atoms with van der Waals surface area (Å²) < 4.78 is 5.14. The molecule has 0 saturated carbocycles. The SMILES string of the molecule is CCCN1C(=O)/C(=N/N=C\c2ccco2)c2ccccc21. The Morgan fingerprint density at radius 3 is 2.86 bits per heavy atom. The molecule has 0 aliphatic carbocycles. The van der Waals surface area contributed by atoms with Gasteiger partial charge in [0.1, 0.15) is 5.76 Å². The molecule has 2 aromatic rings. The lowest BCUT2D eigenvalue weighted by molar-refractivity contribution is -0.112. The van der Waals surface area contributed by atoms with Crippen LogP contribution in [0.5, 0.6) is 0 Å². The van der Waals surface area contributed by atoms with Gasteiger partial charge in [-0.3, -0.25) is 4.79 Å². The maximum absolute atomic E-state index is 12.4. The van der Waals surface area contributed by atoms with Crippen molar-refractivity contribution in [1.82, 2.24) is 0 Å². The van der Waals surface area contributed by atoms with E-state index in [9.17, 15) is 4.79 Å². The third kappa shape index (κ3) is 2.50. The number of hydrogen-bond acceptors (Lipinski definition) is 4. The van der Waals surface area contributed by atoms with Crippen molar-refractivity contribution < 1.29 is 9.21 Å². The Hall–Kier alpha value is -2.69. The number of hydrogen-bond donors (Lipinski definition) is 0. The number of carbonyl (C=O) groups is 1. The minimum atomic E-state index is -0.102. The van der Waals surface area contributed by atoms with Gasteiger partial charge in [-0.15, -0.1) is 5.10 Å². The lowest BCUT2D eigenvalue weighted by Gasteiger charge is -2.14. The van der Waals surface area contributed by atoms with Crippen LogP contribution in [0.25, 0.3) is 0 Å². The molecular formula is C16H15N3O2. The number of carbonyl (C=O) groups excluding carboxylic acids is 1. The molecule has 0 bridgehead atoms. The Balaban J connectivity index is 1.93. The van der Waals surface area contributed by atoms with Crippen LogP contribution >= 0.6 is 0 Å². The molecule has 1 aromatic carbocycles. The van der Waals surface area contributed by atoms with E-state index in [1.165, 1.54) is 6.21 Å². The van der Waals surface area contributed by atoms with Gasteiger partial charge in [0.25, 0.3) is 5.91 Å². The second-order valence-electron chi connectivity index (χ2n) is 4.68. The van der Waals surface area contributed by atoms with Gasteiger partial charge in [0.15, 0.2) is 5.71 Å². The first-order chi connectivity index (χ1) is 10.3. The summed E-state index contributed by atoms with van der Waals surface area (Å²) in [5.41, 5.74) is 2.10. The second kappa shape index (κ2) is 5.75. The van der Waals surface area contributed by atoms with E-state index in [-0.39, 0.29) is 5.91 Å². The molecule has 1 aliphatic heterocycles. The highest BCUT2D eigenvalue weighted by Gasteiger charge is 2.33. The molecule has 0 saturated heterocycles. The number of furan rings is 1. The number of rotatable bonds is 4. The van der Waals surface area contributed by atoms with Crippen LogP contribution in [-0.2, 0) is 4.79 Å². The topological polar surface area (TPSA) is 58.2 Å². The highest BCUT2D eigenvalue weighted by molar-refractivity contribution is 6.54. The van der Waals surface area contributed by atoms with E-state index >= 15 is 0 Å². The molecule has 1 amide bonds. The number of para-hydroxylation sites is 1. The molecule has 21 heavy (non-hydrogen) atoms. The van der Waals surface area contributed by atoms with Crippen LogP contribution in [0.3, 0.4) is 0 Å². The molecule has 106 valence electrons. The Morgan fingerprint density at radius 2 is 2.10 bits per heavy atom. The van der Waals surface area contributed by atoms with Crippen molar-refractivity contribution in [3.05, 3.63) is 54.0 Å². The molecule has 3 rings (SSSR count). The zero-order chi connectivity index (χ0) is 14.7. The van der Waals surface area contributed by atoms with Crippen LogP contribution in [0, 0.1) is 0 Å². The van der Waals surface area contributed by atoms with Gasteiger partial charge in [-0.1, -0.05) is 25.1 Å². The summed E-state index contributed by atoms with van der Waals surface area (Å²) in [6.07, 6.45) is 3.95. The highest BCUT2D eigenvalue weighted by Crippen LogP contribution is 2.29. The third-order valence-corrected chi connectivity index (χ3v) is 3.23. The summed E-state index contributed by atoms with van der Waals surface area (Å²) in [5.74, 6) is 0.498. The minimum absolute atomic E-state index is 0.102. The van der Waals surface area contributed by atoms with Crippen molar-refractivity contribution in [3.63, 3.8) is 0 Å². The molecule has 0 N–H and O–H groups in total. The van der Waals surface area contributed by atoms with Crippen molar-refractivity contribution in [2.24, 2.45) is 10.2 Å². The molecular weight excluding hydrogens is 266 g/mol. The molecule has 0 radical (unpaired) electrons. The summed E-state index contributed by atoms with van der Waals surface area (Å²) >= 11 is 0. The number of amides is 1. The van der Waals surface area contributed by atoms with E-state index < -0.39 is 0 Å². The molecule has 0 spiro atoms. The fourth-order valence-electron chi connectivity index (χ4n) is 2.31. The normalized spacial score (nSPS) is 16.1. The number of fused-ring (bicyclic) bond motifs is 1. The van der Waals surface area contributed by atoms with Gasteiger partial charge in [-0.2, -0.15) is 5.10 Å². The number of anilines is 1. The van der Waals surface area contributed by atoms with Crippen LogP contribution in [-0.4, -0.2) is 24.4 Å². The van der Waals surface area contributed by atoms with E-state index in [0.717, 1.165) is 17.7 Å². The van der Waals surface area contributed by atoms with E-state index in [0.29, 0.717) is 18.0 Å². The van der Waals surface area contributed by atoms with Crippen LogP contribution in [0.4, 0.5) is 5.69 Å². The lowest BCUT2D eigenvalue weighted by Crippen LogP contribution is -2.30. The maximum Gasteiger partial charge on any atom is 0.279 e. The summed E-state index contributed by atoms with van der Waals surface area (Å²) in [6, 6.07) is 11.2. The quantitative estimate of drug-likeness (QED) is 0.639. The first-order valence-electron chi connectivity index (χ1n) is 6.87. The largest absolute Gasteiger partial charge is 0.463 e. The first kappa shape index (κ1) is 13.3. The van der Waals surface area contributed by atoms with Crippen LogP contribution in [0.2, 0.25) is 0 Å². The molecule has 5 nitrogen and oxygen atoms in total. The molecule has 0 fully saturated rings. The van der Waals surface area contributed by atoms with Crippen LogP contribution in [0.1, 0.15) is 24.7 Å². The lowest BCUT2D eigenvalue weighted by atomic mass is 10.1. The van der Waals surface area contributed by atoms with Crippen molar-refractivity contribution in [1.29, 1.82) is 0 Å². The van der Waals surface area contributed by atoms with Crippen molar-refractivity contribution >= 4 is 23.5 Å². The monoisotopic (exact) mass is 281 g/mol. The van der Waals surface area contributed by atoms with Gasteiger partial charge in [0.05, 0.1) is 18.2 Å². The first-order valence-corrected chi connectivity index (χ1v) is 6.87. The fourth-order valence-corrected chi connectivity index (χ4v) is 2.31. The minimum Gasteiger partial charge on any atom is -0.463 e. The van der Waals surface area contributed by atoms with Gasteiger partial charge in [0.2, 0.25) is 0 Å². The molecule has 2 heterocycles. The molecule has 0 atom stereocenters. The van der Waals surface area contributed by atoms with Crippen molar-refractivity contribution in [2.75, 3.05) is 11.4 Å². The standard InChI is InChI=1S/C16H15N3O2/c1-2-9-19-14-8-4-3-7-13(14)15(16(19)20)18-17-11-12-6-5-10-21-12/h3-8,10-11H,2,9H2,1H3/b17-11-,18-15+. The number of nitrogens with zero attached hydrogens (tertiary/aromatic N) is 3. The van der Waals surface area contributed by atoms with Crippen molar-refractivity contribution in [2.45, 2.75) is 13.3 Å². The summed E-state index contributed by atoms with van der Waals surface area (Å²) in [6.45, 7) is 2.72. The summed E-state index contributed by atoms with van der Waals surface area (Å²) in [4.78, 5) is 14.2. The van der Waals surface area contributed by atoms with E-state index in [2.05, 4.69) is 10.2 Å². The summed E-state index contributed by atoms with van der Waals surface area (Å²) in [7, 11) is 0. The van der Waals surface area contributed by atoms with Gasteiger partial charge in [-0.05, 0) is 24.6 Å². The Bertz CT molecular complexity index is 702. The third-order valence-electron chi connectivity index (χ3n) is 3.23. The zero-order valence-corrected chi connectivity index (χ0v) is 11.7. The fraction of sp³-hybridized carbons (Fsp3) is 0.188. The van der Waals surface area contributed by atoms with E-state index in [1.807, 2.05) is 31.2 Å². The Kier molecular flexibility index (Phi) is 3.64. The second-order valence-corrected chi connectivity index (χ2v) is 4.68. The van der Waals surface area contributed by atoms with E-state index in [4.69, 9.17) is 4.42 Å². The highest BCUT2D eigenvalue weighted by atomic mass is 16.3. The van der Waals surface area contributed by atoms with Gasteiger partial charge in [0, 0.05) is 12.1 Å². The van der Waals surface area contributed by atoms with Crippen LogP contribution < -0.4 is 4.90 Å². The molecule has 1 aliphatic rings. The van der Waals surface area contributed by atoms with Gasteiger partial charge in [-0.25, -0.2) is 0 Å². The maximum atomic E-state index is 12.4. The molecule has 1 aromatic heterocycles. The Labute approximate surface area is 122 Å². The smallest absolute Gasteiger partial charge is 0.279 e. The van der Waals surface area contributed by atoms with E-state index in [1.54, 1.807) is 23.3 Å². The average Bonchev–Trinajstić information content (AvgIpc) is 3.10. The molecule has 0 unspecified atom stereocenters. The average molecular weight is 281 g/mol. The van der Waals surface area contributed by atoms with Crippen LogP contribution in [0.15, 0.2) is 57.3 Å². The summed E-state index contributed by atoms with van der Waals surface area (Å²) in [5, 5.41) is 8.05. The predicted octanol–water partition coefficient (Wildman–Crippen LogP) is 2.86. The molecule has 5 heteroatoms. The zero-order valence-electron chi connectivity index (χ0n) is 11.7. The van der Waals surface area contributed by atoms with Gasteiger partial charge >= 0.3 is 0 Å². The predicted molar refractivity (Wildman–Crippen MR) is 81.9 cm³/mol. The Morgan fingerprint density at radius 1 is 1.24 bits per heavy atom. The van der Waals surface area contributed by atoms with Gasteiger partial charge < -0.3 is 9.32 Å². The number of benzene rings is 1.